The van der Waals surface area contributed by atoms with Gasteiger partial charge in [0.2, 0.25) is 11.8 Å². The predicted octanol–water partition coefficient (Wildman–Crippen LogP) is 0.0392. The number of aliphatic hydroxyl groups is 1. The Morgan fingerprint density at radius 2 is 1.78 bits per heavy atom. The van der Waals surface area contributed by atoms with Crippen LogP contribution in [0, 0.1) is 0 Å². The lowest BCUT2D eigenvalue weighted by atomic mass is 9.98. The van der Waals surface area contributed by atoms with E-state index in [9.17, 15) is 29.4 Å². The van der Waals surface area contributed by atoms with Crippen molar-refractivity contribution < 1.29 is 38.9 Å². The molecule has 192 valence electrons. The molecule has 2 aromatic carbocycles. The fraction of sp³-hybridized carbons (Fsp3) is 0.360. The number of benzene rings is 2. The molecule has 0 aliphatic carbocycles. The van der Waals surface area contributed by atoms with E-state index in [0.717, 1.165) is 0 Å². The van der Waals surface area contributed by atoms with Crippen LogP contribution in [0.5, 0.6) is 11.5 Å². The molecule has 0 saturated carbocycles. The number of ether oxygens (including phenoxy) is 2. The third-order valence-electron chi connectivity index (χ3n) is 5.71. The van der Waals surface area contributed by atoms with Gasteiger partial charge < -0.3 is 35.6 Å². The van der Waals surface area contributed by atoms with Gasteiger partial charge in [-0.3, -0.25) is 19.2 Å². The maximum atomic E-state index is 12.8. The molecule has 0 spiro atoms. The molecule has 1 aliphatic heterocycles. The molecule has 36 heavy (non-hydrogen) atoms. The Bertz CT molecular complexity index is 1090. The van der Waals surface area contributed by atoms with Gasteiger partial charge in [-0.2, -0.15) is 0 Å². The van der Waals surface area contributed by atoms with Gasteiger partial charge in [-0.25, -0.2) is 0 Å². The van der Waals surface area contributed by atoms with E-state index >= 15 is 0 Å². The van der Waals surface area contributed by atoms with Crippen LogP contribution < -0.4 is 20.7 Å². The molecule has 0 unspecified atom stereocenters. The molecule has 1 heterocycles. The highest BCUT2D eigenvalue weighted by atomic mass is 16.5. The molecule has 4 atom stereocenters. The van der Waals surface area contributed by atoms with Gasteiger partial charge in [-0.15, -0.1) is 0 Å². The first kappa shape index (κ1) is 26.5. The molecule has 5 N–H and O–H groups in total. The van der Waals surface area contributed by atoms with Crippen molar-refractivity contribution in [1.82, 2.24) is 16.0 Å². The van der Waals surface area contributed by atoms with E-state index in [0.29, 0.717) is 11.3 Å². The minimum atomic E-state index is -1.29. The molecule has 11 nitrogen and oxygen atoms in total. The zero-order chi connectivity index (χ0) is 26.2. The number of phenolic OH excluding ortho intramolecular Hbond substituents is 1. The zero-order valence-corrected chi connectivity index (χ0v) is 19.9. The predicted molar refractivity (Wildman–Crippen MR) is 127 cm³/mol. The van der Waals surface area contributed by atoms with Gasteiger partial charge >= 0.3 is 5.97 Å². The number of phenols is 1. The van der Waals surface area contributed by atoms with Crippen molar-refractivity contribution >= 4 is 23.7 Å². The number of methoxy groups -OCH3 is 1. The van der Waals surface area contributed by atoms with Crippen LogP contribution in [-0.4, -0.2) is 71.9 Å². The molecule has 1 fully saturated rings. The fourth-order valence-electron chi connectivity index (χ4n) is 3.70. The topological polar surface area (TPSA) is 163 Å². The van der Waals surface area contributed by atoms with Crippen molar-refractivity contribution in [2.45, 2.75) is 44.1 Å². The van der Waals surface area contributed by atoms with Crippen molar-refractivity contribution in [2.24, 2.45) is 0 Å². The highest BCUT2D eigenvalue weighted by Gasteiger charge is 2.33. The number of esters is 1. The second kappa shape index (κ2) is 12.0. The molecule has 0 bridgehead atoms. The van der Waals surface area contributed by atoms with Crippen LogP contribution in [0.2, 0.25) is 0 Å². The van der Waals surface area contributed by atoms with Gasteiger partial charge in [-0.05, 0) is 55.3 Å². The third-order valence-corrected chi connectivity index (χ3v) is 5.71. The van der Waals surface area contributed by atoms with Crippen LogP contribution in [0.4, 0.5) is 0 Å². The first-order valence-corrected chi connectivity index (χ1v) is 11.3. The first-order valence-electron chi connectivity index (χ1n) is 11.3. The minimum absolute atomic E-state index is 0.0657. The average molecular weight is 500 g/mol. The Hall–Kier alpha value is -4.12. The van der Waals surface area contributed by atoms with Crippen molar-refractivity contribution in [3.63, 3.8) is 0 Å². The third kappa shape index (κ3) is 7.19. The van der Waals surface area contributed by atoms with E-state index in [4.69, 9.17) is 9.47 Å². The average Bonchev–Trinajstić information content (AvgIpc) is 2.85. The summed E-state index contributed by atoms with van der Waals surface area (Å²) in [4.78, 5) is 50.6. The van der Waals surface area contributed by atoms with Crippen molar-refractivity contribution in [3.8, 4) is 11.5 Å². The molecule has 1 aliphatic rings. The summed E-state index contributed by atoms with van der Waals surface area (Å²) in [7, 11) is 1.49. The largest absolute Gasteiger partial charge is 0.508 e. The Kier molecular flexibility index (Phi) is 8.85. The number of hydrogen-bond acceptors (Lipinski definition) is 8. The number of amides is 3. The van der Waals surface area contributed by atoms with E-state index in [1.54, 1.807) is 24.3 Å². The smallest absolute Gasteiger partial charge is 0.308 e. The van der Waals surface area contributed by atoms with Gasteiger partial charge in [0.1, 0.15) is 23.6 Å². The van der Waals surface area contributed by atoms with Crippen molar-refractivity contribution in [2.75, 3.05) is 13.7 Å². The standard InChI is InChI=1S/C25H29N3O8/c1-14-23(28-24(33)16-5-9-18(35-2)10-6-16)25(34)26-13-21(31)27-19(20(30)12-22(32)36-14)11-15-3-7-17(29)8-4-15/h3-10,14,19-20,23,29-30H,11-13H2,1-2H3,(H,26,34)(H,27,31)(H,28,33)/t14-,19-,20+,23+/m1/s1. The van der Waals surface area contributed by atoms with Gasteiger partial charge in [0.15, 0.2) is 0 Å². The second-order valence-electron chi connectivity index (χ2n) is 8.41. The number of hydrogen-bond donors (Lipinski definition) is 5. The molecule has 3 amide bonds. The molecule has 11 heteroatoms. The lowest BCUT2D eigenvalue weighted by Crippen LogP contribution is -2.56. The fourth-order valence-corrected chi connectivity index (χ4v) is 3.70. The molecular formula is C25H29N3O8. The Balaban J connectivity index is 1.73. The number of carbonyl (C=O) groups excluding carboxylic acids is 4. The summed E-state index contributed by atoms with van der Waals surface area (Å²) in [6.45, 7) is 1.01. The van der Waals surface area contributed by atoms with E-state index in [1.807, 2.05) is 0 Å². The Morgan fingerprint density at radius 1 is 1.11 bits per heavy atom. The number of nitrogens with one attached hydrogen (secondary N) is 3. The van der Waals surface area contributed by atoms with Gasteiger partial charge in [0.25, 0.3) is 5.91 Å². The highest BCUT2D eigenvalue weighted by molar-refractivity contribution is 5.98. The Labute approximate surface area is 207 Å². The second-order valence-corrected chi connectivity index (χ2v) is 8.41. The van der Waals surface area contributed by atoms with E-state index in [-0.39, 0.29) is 17.7 Å². The number of rotatable bonds is 5. The normalized spacial score (nSPS) is 23.2. The van der Waals surface area contributed by atoms with E-state index < -0.39 is 60.9 Å². The van der Waals surface area contributed by atoms with Crippen molar-refractivity contribution in [1.29, 1.82) is 0 Å². The van der Waals surface area contributed by atoms with Crippen LogP contribution in [0.1, 0.15) is 29.3 Å². The summed E-state index contributed by atoms with van der Waals surface area (Å²) >= 11 is 0. The number of carbonyl (C=O) groups is 4. The quantitative estimate of drug-likeness (QED) is 0.360. The maximum absolute atomic E-state index is 12.8. The first-order chi connectivity index (χ1) is 17.2. The number of cyclic esters (lactones) is 1. The SMILES string of the molecule is COc1ccc(C(=O)N[C@@H]2C(=O)NCC(=O)N[C@H](Cc3ccc(O)cc3)[C@@H](O)CC(=O)O[C@@H]2C)cc1. The van der Waals surface area contributed by atoms with Crippen LogP contribution >= 0.6 is 0 Å². The lowest BCUT2D eigenvalue weighted by Gasteiger charge is -2.28. The summed E-state index contributed by atoms with van der Waals surface area (Å²) < 4.78 is 10.4. The summed E-state index contributed by atoms with van der Waals surface area (Å²) in [5.74, 6) is -2.10. The molecule has 2 aromatic rings. The summed E-state index contributed by atoms with van der Waals surface area (Å²) in [6, 6.07) is 10.2. The number of aliphatic hydroxyl groups excluding tert-OH is 1. The van der Waals surface area contributed by atoms with E-state index in [1.165, 1.54) is 38.3 Å². The minimum Gasteiger partial charge on any atom is -0.508 e. The number of aromatic hydroxyl groups is 1. The van der Waals surface area contributed by atoms with Gasteiger partial charge in [-0.1, -0.05) is 12.1 Å². The van der Waals surface area contributed by atoms with Crippen LogP contribution in [0.25, 0.3) is 0 Å². The van der Waals surface area contributed by atoms with Crippen LogP contribution in [0.15, 0.2) is 48.5 Å². The van der Waals surface area contributed by atoms with E-state index in [2.05, 4.69) is 16.0 Å². The van der Waals surface area contributed by atoms with Gasteiger partial charge in [0, 0.05) is 5.56 Å². The lowest BCUT2D eigenvalue weighted by molar-refractivity contribution is -0.154. The van der Waals surface area contributed by atoms with Crippen LogP contribution in [-0.2, 0) is 25.5 Å². The maximum Gasteiger partial charge on any atom is 0.308 e. The van der Waals surface area contributed by atoms with Crippen molar-refractivity contribution in [3.05, 3.63) is 59.7 Å². The molecular weight excluding hydrogens is 470 g/mol. The molecule has 0 aromatic heterocycles. The highest BCUT2D eigenvalue weighted by Crippen LogP contribution is 2.16. The Morgan fingerprint density at radius 3 is 2.42 bits per heavy atom. The van der Waals surface area contributed by atoms with Gasteiger partial charge in [0.05, 0.1) is 32.2 Å². The zero-order valence-electron chi connectivity index (χ0n) is 19.9. The molecule has 0 radical (unpaired) electrons. The summed E-state index contributed by atoms with van der Waals surface area (Å²) in [5, 5.41) is 27.7. The monoisotopic (exact) mass is 499 g/mol. The van der Waals surface area contributed by atoms with Crippen LogP contribution in [0.3, 0.4) is 0 Å². The summed E-state index contributed by atoms with van der Waals surface area (Å²) in [6.07, 6.45) is -2.66. The molecule has 1 saturated heterocycles. The summed E-state index contributed by atoms with van der Waals surface area (Å²) in [5.41, 5.74) is 0.954. The molecule has 3 rings (SSSR count).